The second-order valence-corrected chi connectivity index (χ2v) is 6.34. The molecule has 4 N–H and O–H groups in total. The van der Waals surface area contributed by atoms with E-state index < -0.39 is 29.2 Å². The minimum Gasteiger partial charge on any atom is -0.507 e. The quantitative estimate of drug-likeness (QED) is 0.548. The number of phenols is 3. The van der Waals surface area contributed by atoms with Crippen molar-refractivity contribution < 1.29 is 30.0 Å². The van der Waals surface area contributed by atoms with Crippen LogP contribution >= 0.6 is 0 Å². The Kier molecular flexibility index (Phi) is 3.04. The molecule has 4 rings (SSSR count). The molecular weight excluding hydrogens is 324 g/mol. The zero-order chi connectivity index (χ0) is 18.0. The largest absolute Gasteiger partial charge is 0.507 e. The maximum absolute atomic E-state index is 12.2. The molecule has 25 heavy (non-hydrogen) atoms. The van der Waals surface area contributed by atoms with Crippen LogP contribution in [-0.4, -0.2) is 32.0 Å². The van der Waals surface area contributed by atoms with Gasteiger partial charge in [0.05, 0.1) is 17.2 Å². The maximum Gasteiger partial charge on any atom is 0.190 e. The van der Waals surface area contributed by atoms with Crippen molar-refractivity contribution in [3.63, 3.8) is 0 Å². The standard InChI is InChI=1S/C19H14O6/c1-7-4-8-6-12(23)16-17(13(8)11(22)5-7)19(25)15-10(21)3-2-9(20)14(15)18(16)24/h2-5,12,22-25H,6H2,1H3. The van der Waals surface area contributed by atoms with E-state index in [-0.39, 0.29) is 40.0 Å². The summed E-state index contributed by atoms with van der Waals surface area (Å²) in [5.74, 6) is -2.45. The van der Waals surface area contributed by atoms with Crippen molar-refractivity contribution in [1.29, 1.82) is 0 Å². The molecule has 2 aromatic rings. The van der Waals surface area contributed by atoms with Crippen LogP contribution in [0.3, 0.4) is 0 Å². The molecule has 1 unspecified atom stereocenters. The number of aryl methyl sites for hydroxylation is 1. The Morgan fingerprint density at radius 1 is 0.880 bits per heavy atom. The first-order valence-electron chi connectivity index (χ1n) is 7.70. The Hall–Kier alpha value is -3.12. The average molecular weight is 338 g/mol. The summed E-state index contributed by atoms with van der Waals surface area (Å²) in [7, 11) is 0. The maximum atomic E-state index is 12.2. The highest BCUT2D eigenvalue weighted by atomic mass is 16.3. The molecule has 0 saturated carbocycles. The summed E-state index contributed by atoms with van der Waals surface area (Å²) in [5, 5.41) is 42.1. The van der Waals surface area contributed by atoms with E-state index in [1.54, 1.807) is 13.0 Å². The van der Waals surface area contributed by atoms with Crippen molar-refractivity contribution in [3.05, 3.63) is 52.1 Å². The summed E-state index contributed by atoms with van der Waals surface area (Å²) in [5.41, 5.74) is 0.885. The van der Waals surface area contributed by atoms with E-state index in [1.807, 2.05) is 0 Å². The molecule has 6 heteroatoms. The molecule has 0 saturated heterocycles. The number of carbonyl (C=O) groups is 2. The fraction of sp³-hybridized carbons (Fsp3) is 0.158. The molecule has 6 nitrogen and oxygen atoms in total. The van der Waals surface area contributed by atoms with E-state index in [9.17, 15) is 30.0 Å². The Balaban J connectivity index is 2.18. The van der Waals surface area contributed by atoms with Crippen LogP contribution in [0, 0.1) is 6.92 Å². The molecule has 1 atom stereocenters. The highest BCUT2D eigenvalue weighted by Crippen LogP contribution is 2.54. The van der Waals surface area contributed by atoms with Crippen LogP contribution in [0.5, 0.6) is 17.2 Å². The van der Waals surface area contributed by atoms with Crippen molar-refractivity contribution in [2.24, 2.45) is 0 Å². The zero-order valence-electron chi connectivity index (χ0n) is 13.2. The predicted octanol–water partition coefficient (Wildman–Crippen LogP) is 2.30. The lowest BCUT2D eigenvalue weighted by Crippen LogP contribution is -2.18. The number of benzene rings is 2. The second-order valence-electron chi connectivity index (χ2n) is 6.34. The summed E-state index contributed by atoms with van der Waals surface area (Å²) in [6.45, 7) is 1.78. The van der Waals surface area contributed by atoms with Crippen molar-refractivity contribution >= 4 is 11.6 Å². The van der Waals surface area contributed by atoms with Gasteiger partial charge in [0.2, 0.25) is 0 Å². The van der Waals surface area contributed by atoms with Crippen LogP contribution in [-0.2, 0) is 6.42 Å². The zero-order valence-corrected chi connectivity index (χ0v) is 13.2. The van der Waals surface area contributed by atoms with Gasteiger partial charge in [-0.3, -0.25) is 9.59 Å². The Morgan fingerprint density at radius 2 is 1.48 bits per heavy atom. The van der Waals surface area contributed by atoms with E-state index in [0.717, 1.165) is 17.7 Å². The van der Waals surface area contributed by atoms with E-state index in [2.05, 4.69) is 0 Å². The van der Waals surface area contributed by atoms with Crippen LogP contribution in [0.2, 0.25) is 0 Å². The van der Waals surface area contributed by atoms with Crippen molar-refractivity contribution in [3.8, 4) is 28.4 Å². The first kappa shape index (κ1) is 15.4. The number of carbonyl (C=O) groups excluding carboxylic acids is 2. The van der Waals surface area contributed by atoms with Gasteiger partial charge in [0.1, 0.15) is 17.2 Å². The fourth-order valence-corrected chi connectivity index (χ4v) is 3.72. The minimum absolute atomic E-state index is 0.0149. The van der Waals surface area contributed by atoms with Gasteiger partial charge >= 0.3 is 0 Å². The van der Waals surface area contributed by atoms with Gasteiger partial charge in [-0.1, -0.05) is 6.07 Å². The van der Waals surface area contributed by atoms with Crippen LogP contribution in [0.4, 0.5) is 0 Å². The molecule has 0 aromatic heterocycles. The number of phenolic OH excluding ortho intramolecular Hbond substituents is 3. The lowest BCUT2D eigenvalue weighted by atomic mass is 9.77. The summed E-state index contributed by atoms with van der Waals surface area (Å²) >= 11 is 0. The normalized spacial score (nSPS) is 17.9. The Labute approximate surface area is 142 Å². The third-order valence-corrected chi connectivity index (χ3v) is 4.70. The average Bonchev–Trinajstić information content (AvgIpc) is 2.53. The highest BCUT2D eigenvalue weighted by Gasteiger charge is 2.38. The second kappa shape index (κ2) is 4.94. The number of aliphatic hydroxyl groups is 1. The molecule has 126 valence electrons. The number of allylic oxidation sites excluding steroid dienone is 2. The molecule has 2 aromatic carbocycles. The third kappa shape index (κ3) is 1.94. The van der Waals surface area contributed by atoms with Gasteiger partial charge in [0.25, 0.3) is 0 Å². The van der Waals surface area contributed by atoms with Gasteiger partial charge < -0.3 is 20.4 Å². The number of aromatic hydroxyl groups is 3. The van der Waals surface area contributed by atoms with Crippen LogP contribution < -0.4 is 0 Å². The number of hydrogen-bond acceptors (Lipinski definition) is 6. The topological polar surface area (TPSA) is 115 Å². The summed E-state index contributed by atoms with van der Waals surface area (Å²) < 4.78 is 0. The molecule has 0 radical (unpaired) electrons. The van der Waals surface area contributed by atoms with Gasteiger partial charge in [-0.2, -0.15) is 0 Å². The molecule has 0 heterocycles. The smallest absolute Gasteiger partial charge is 0.190 e. The molecule has 0 fully saturated rings. The molecule has 2 aliphatic rings. The molecule has 0 aliphatic heterocycles. The number of ketones is 2. The summed E-state index contributed by atoms with van der Waals surface area (Å²) in [6, 6.07) is 3.24. The molecule has 2 aliphatic carbocycles. The minimum atomic E-state index is -1.19. The molecule has 0 spiro atoms. The Morgan fingerprint density at radius 3 is 2.12 bits per heavy atom. The van der Waals surface area contributed by atoms with Gasteiger partial charge in [-0.25, -0.2) is 0 Å². The molecule has 0 bridgehead atoms. The SMILES string of the molecule is Cc1cc(O)c2c(c1)CC(O)c1c(O)c3c(c(O)c1-2)C(=O)C=CC3=O. The number of fused-ring (bicyclic) bond motifs is 4. The third-order valence-electron chi connectivity index (χ3n) is 4.70. The van der Waals surface area contributed by atoms with Crippen molar-refractivity contribution in [2.45, 2.75) is 19.4 Å². The summed E-state index contributed by atoms with van der Waals surface area (Å²) in [4.78, 5) is 24.3. The van der Waals surface area contributed by atoms with Crippen molar-refractivity contribution in [1.82, 2.24) is 0 Å². The number of aliphatic hydroxyl groups excluding tert-OH is 1. The number of hydrogen-bond donors (Lipinski definition) is 4. The first-order chi connectivity index (χ1) is 11.8. The van der Waals surface area contributed by atoms with Gasteiger partial charge in [-0.15, -0.1) is 0 Å². The van der Waals surface area contributed by atoms with Crippen LogP contribution in [0.25, 0.3) is 11.1 Å². The molecular formula is C19H14O6. The number of rotatable bonds is 0. The summed E-state index contributed by atoms with van der Waals surface area (Å²) in [6.07, 6.45) is 0.945. The van der Waals surface area contributed by atoms with Crippen LogP contribution in [0.1, 0.15) is 43.5 Å². The van der Waals surface area contributed by atoms with Gasteiger partial charge in [0.15, 0.2) is 11.6 Å². The van der Waals surface area contributed by atoms with Gasteiger partial charge in [-0.05, 0) is 36.3 Å². The van der Waals surface area contributed by atoms with Crippen molar-refractivity contribution in [2.75, 3.05) is 0 Å². The predicted molar refractivity (Wildman–Crippen MR) is 88.1 cm³/mol. The lowest BCUT2D eigenvalue weighted by molar-refractivity contribution is 0.0988. The van der Waals surface area contributed by atoms with E-state index in [0.29, 0.717) is 5.56 Å². The lowest BCUT2D eigenvalue weighted by Gasteiger charge is -2.29. The van der Waals surface area contributed by atoms with Crippen LogP contribution in [0.15, 0.2) is 24.3 Å². The molecule has 0 amide bonds. The van der Waals surface area contributed by atoms with E-state index in [1.165, 1.54) is 6.07 Å². The first-order valence-corrected chi connectivity index (χ1v) is 7.70. The fourth-order valence-electron chi connectivity index (χ4n) is 3.72. The highest BCUT2D eigenvalue weighted by molar-refractivity contribution is 6.25. The van der Waals surface area contributed by atoms with E-state index >= 15 is 0 Å². The van der Waals surface area contributed by atoms with Gasteiger partial charge in [0, 0.05) is 23.1 Å². The van der Waals surface area contributed by atoms with E-state index in [4.69, 9.17) is 0 Å². The monoisotopic (exact) mass is 338 g/mol. The Bertz CT molecular complexity index is 1020.